The predicted octanol–water partition coefficient (Wildman–Crippen LogP) is 3.46. The number of amides is 1. The summed E-state index contributed by atoms with van der Waals surface area (Å²) in [7, 11) is 0. The first-order valence-electron chi connectivity index (χ1n) is 10.4. The lowest BCUT2D eigenvalue weighted by atomic mass is 10.1. The summed E-state index contributed by atoms with van der Waals surface area (Å²) in [5.74, 6) is 0.0595. The molecule has 32 heavy (non-hydrogen) atoms. The average Bonchev–Trinajstić information content (AvgIpc) is 2.83. The highest BCUT2D eigenvalue weighted by Crippen LogP contribution is 2.22. The van der Waals surface area contributed by atoms with Gasteiger partial charge >= 0.3 is 0 Å². The van der Waals surface area contributed by atoms with Gasteiger partial charge in [0, 0.05) is 24.8 Å². The summed E-state index contributed by atoms with van der Waals surface area (Å²) < 4.78 is 1.68. The maximum absolute atomic E-state index is 13.6. The number of aromatic nitrogens is 3. The van der Waals surface area contributed by atoms with Crippen LogP contribution in [0.25, 0.3) is 16.6 Å². The summed E-state index contributed by atoms with van der Waals surface area (Å²) >= 11 is 0. The van der Waals surface area contributed by atoms with Crippen molar-refractivity contribution in [1.82, 2.24) is 20.0 Å². The summed E-state index contributed by atoms with van der Waals surface area (Å²) in [4.78, 5) is 33.9. The number of pyridine rings is 1. The number of hydroxylamine groups is 1. The number of nitrogens with one attached hydrogen (secondary N) is 2. The van der Waals surface area contributed by atoms with Gasteiger partial charge in [0.2, 0.25) is 0 Å². The van der Waals surface area contributed by atoms with Gasteiger partial charge in [-0.05, 0) is 42.3 Å². The number of nitrogens with zero attached hydrogens (tertiary/aromatic N) is 3. The molecular weight excluding hydrogens is 406 g/mol. The third-order valence-electron chi connectivity index (χ3n) is 5.10. The van der Waals surface area contributed by atoms with Crippen molar-refractivity contribution in [3.05, 3.63) is 94.3 Å². The smallest absolute Gasteiger partial charge is 0.293 e. The molecule has 2 aromatic carbocycles. The molecule has 0 saturated heterocycles. The molecule has 0 spiro atoms. The van der Waals surface area contributed by atoms with Gasteiger partial charge in [0.1, 0.15) is 11.5 Å². The van der Waals surface area contributed by atoms with E-state index in [1.807, 2.05) is 48.5 Å². The molecule has 4 aromatic rings. The van der Waals surface area contributed by atoms with E-state index in [4.69, 9.17) is 10.2 Å². The van der Waals surface area contributed by atoms with Crippen molar-refractivity contribution in [2.75, 3.05) is 5.32 Å². The van der Waals surface area contributed by atoms with Gasteiger partial charge in [-0.15, -0.1) is 0 Å². The maximum atomic E-state index is 13.6. The monoisotopic (exact) mass is 429 g/mol. The number of hydrogen-bond acceptors (Lipinski definition) is 6. The highest BCUT2D eigenvalue weighted by molar-refractivity contribution is 5.91. The fourth-order valence-corrected chi connectivity index (χ4v) is 3.58. The minimum absolute atomic E-state index is 0.111. The summed E-state index contributed by atoms with van der Waals surface area (Å²) in [6.07, 6.45) is 3.11. The van der Waals surface area contributed by atoms with E-state index in [2.05, 4.69) is 17.2 Å². The van der Waals surface area contributed by atoms with Gasteiger partial charge in [-0.3, -0.25) is 24.3 Å². The second-order valence-corrected chi connectivity index (χ2v) is 7.30. The first-order chi connectivity index (χ1) is 15.6. The molecule has 0 bridgehead atoms. The Morgan fingerprint density at radius 3 is 2.56 bits per heavy atom. The molecule has 0 fully saturated rings. The van der Waals surface area contributed by atoms with Crippen molar-refractivity contribution in [2.45, 2.75) is 26.3 Å². The number of carbonyl (C=O) groups excluding carboxylic acids is 1. The SMILES string of the molecule is CCCc1nc2cccc(NCc3ccc(C(=O)NO)nc3)c2c(=O)n1-c1ccccc1. The Labute approximate surface area is 184 Å². The van der Waals surface area contributed by atoms with Crippen molar-refractivity contribution in [3.63, 3.8) is 0 Å². The molecule has 1 amide bonds. The van der Waals surface area contributed by atoms with Crippen molar-refractivity contribution >= 4 is 22.5 Å². The van der Waals surface area contributed by atoms with Crippen LogP contribution in [-0.4, -0.2) is 25.6 Å². The summed E-state index contributed by atoms with van der Waals surface area (Å²) in [5.41, 5.74) is 4.46. The molecule has 3 N–H and O–H groups in total. The largest absolute Gasteiger partial charge is 0.380 e. The van der Waals surface area contributed by atoms with Crippen LogP contribution in [0.2, 0.25) is 0 Å². The van der Waals surface area contributed by atoms with E-state index in [1.54, 1.807) is 22.3 Å². The standard InChI is InChI=1S/C24H23N5O3/c1-2-7-21-27-19-11-6-10-18(22(19)24(31)29(21)17-8-4-3-5-9-17)25-14-16-12-13-20(26-15-16)23(30)28-32/h3-6,8-13,15,25,32H,2,7,14H2,1H3,(H,28,30). The van der Waals surface area contributed by atoms with Crippen LogP contribution in [0.1, 0.15) is 35.2 Å². The first kappa shape index (κ1) is 21.2. The van der Waals surface area contributed by atoms with Crippen LogP contribution in [-0.2, 0) is 13.0 Å². The zero-order valence-corrected chi connectivity index (χ0v) is 17.6. The molecule has 8 heteroatoms. The molecule has 0 unspecified atom stereocenters. The van der Waals surface area contributed by atoms with Gasteiger partial charge in [0.15, 0.2) is 0 Å². The first-order valence-corrected chi connectivity index (χ1v) is 10.4. The topological polar surface area (TPSA) is 109 Å². The highest BCUT2D eigenvalue weighted by atomic mass is 16.5. The van der Waals surface area contributed by atoms with E-state index in [0.29, 0.717) is 29.6 Å². The van der Waals surface area contributed by atoms with E-state index in [1.165, 1.54) is 6.07 Å². The fraction of sp³-hybridized carbons (Fsp3) is 0.167. The molecule has 4 rings (SSSR count). The Kier molecular flexibility index (Phi) is 6.23. The second kappa shape index (κ2) is 9.40. The molecule has 2 heterocycles. The Bertz CT molecular complexity index is 1300. The molecule has 2 aromatic heterocycles. The van der Waals surface area contributed by atoms with E-state index in [0.717, 1.165) is 23.5 Å². The van der Waals surface area contributed by atoms with E-state index in [9.17, 15) is 9.59 Å². The Hall–Kier alpha value is -4.04. The minimum Gasteiger partial charge on any atom is -0.380 e. The summed E-state index contributed by atoms with van der Waals surface area (Å²) in [5, 5.41) is 12.5. The van der Waals surface area contributed by atoms with Crippen LogP contribution in [0.4, 0.5) is 5.69 Å². The van der Waals surface area contributed by atoms with Crippen LogP contribution in [0.15, 0.2) is 71.7 Å². The quantitative estimate of drug-likeness (QED) is 0.307. The Morgan fingerprint density at radius 1 is 1.06 bits per heavy atom. The van der Waals surface area contributed by atoms with Crippen molar-refractivity contribution in [2.24, 2.45) is 0 Å². The number of carbonyl (C=O) groups is 1. The van der Waals surface area contributed by atoms with E-state index >= 15 is 0 Å². The van der Waals surface area contributed by atoms with Crippen LogP contribution in [0.5, 0.6) is 0 Å². The summed E-state index contributed by atoms with van der Waals surface area (Å²) in [6, 6.07) is 18.3. The number of benzene rings is 2. The molecule has 0 saturated carbocycles. The zero-order chi connectivity index (χ0) is 22.5. The van der Waals surface area contributed by atoms with E-state index in [-0.39, 0.29) is 11.3 Å². The average molecular weight is 429 g/mol. The Balaban J connectivity index is 1.73. The third-order valence-corrected chi connectivity index (χ3v) is 5.10. The molecule has 0 radical (unpaired) electrons. The summed E-state index contributed by atoms with van der Waals surface area (Å²) in [6.45, 7) is 2.46. The molecule has 0 atom stereocenters. The van der Waals surface area contributed by atoms with Crippen molar-refractivity contribution < 1.29 is 10.0 Å². The highest BCUT2D eigenvalue weighted by Gasteiger charge is 2.15. The van der Waals surface area contributed by atoms with Gasteiger partial charge in [-0.2, -0.15) is 0 Å². The van der Waals surface area contributed by atoms with Gasteiger partial charge in [-0.1, -0.05) is 37.3 Å². The number of aryl methyl sites for hydroxylation is 1. The Morgan fingerprint density at radius 2 is 1.88 bits per heavy atom. The number of anilines is 1. The predicted molar refractivity (Wildman–Crippen MR) is 122 cm³/mol. The molecule has 0 aliphatic heterocycles. The lowest BCUT2D eigenvalue weighted by molar-refractivity contribution is 0.0700. The molecule has 162 valence electrons. The van der Waals surface area contributed by atoms with E-state index < -0.39 is 5.91 Å². The van der Waals surface area contributed by atoms with Crippen LogP contribution >= 0.6 is 0 Å². The van der Waals surface area contributed by atoms with Gasteiger partial charge in [0.05, 0.1) is 16.6 Å². The second-order valence-electron chi connectivity index (χ2n) is 7.30. The minimum atomic E-state index is -0.672. The normalized spacial score (nSPS) is 10.8. The number of fused-ring (bicyclic) bond motifs is 1. The molecule has 0 aliphatic carbocycles. The lowest BCUT2D eigenvalue weighted by Gasteiger charge is -2.15. The van der Waals surface area contributed by atoms with Crippen LogP contribution < -0.4 is 16.4 Å². The number of para-hydroxylation sites is 1. The zero-order valence-electron chi connectivity index (χ0n) is 17.6. The third kappa shape index (κ3) is 4.21. The molecule has 0 aliphatic rings. The number of hydrogen-bond donors (Lipinski definition) is 3. The lowest BCUT2D eigenvalue weighted by Crippen LogP contribution is -2.24. The fourth-order valence-electron chi connectivity index (χ4n) is 3.58. The maximum Gasteiger partial charge on any atom is 0.293 e. The van der Waals surface area contributed by atoms with Gasteiger partial charge < -0.3 is 5.32 Å². The van der Waals surface area contributed by atoms with Crippen LogP contribution in [0, 0.1) is 0 Å². The molecule has 8 nitrogen and oxygen atoms in total. The molecular formula is C24H23N5O3. The number of rotatable bonds is 7. The van der Waals surface area contributed by atoms with Crippen molar-refractivity contribution in [1.29, 1.82) is 0 Å². The van der Waals surface area contributed by atoms with Gasteiger partial charge in [-0.25, -0.2) is 10.5 Å². The van der Waals surface area contributed by atoms with Crippen molar-refractivity contribution in [3.8, 4) is 5.69 Å². The van der Waals surface area contributed by atoms with Crippen LogP contribution in [0.3, 0.4) is 0 Å². The van der Waals surface area contributed by atoms with Gasteiger partial charge in [0.25, 0.3) is 11.5 Å².